The molecule has 0 saturated heterocycles. The van der Waals surface area contributed by atoms with Crippen LogP contribution >= 0.6 is 47.8 Å². The van der Waals surface area contributed by atoms with Gasteiger partial charge in [-0.2, -0.15) is 0 Å². The molecule has 3 rings (SSSR count). The van der Waals surface area contributed by atoms with Crippen LogP contribution in [0.2, 0.25) is 0 Å². The Morgan fingerprint density at radius 2 is 1.59 bits per heavy atom. The maximum atomic E-state index is 12.4. The zero-order chi connectivity index (χ0) is 15.9. The second kappa shape index (κ2) is 6.10. The van der Waals surface area contributed by atoms with Crippen molar-refractivity contribution < 1.29 is 4.42 Å². The molecule has 2 aromatic carbocycles. The smallest absolute Gasteiger partial charge is 0.235 e. The van der Waals surface area contributed by atoms with E-state index < -0.39 is 0 Å². The molecule has 0 saturated carbocycles. The van der Waals surface area contributed by atoms with Gasteiger partial charge in [0.2, 0.25) is 5.43 Å². The van der Waals surface area contributed by atoms with E-state index in [0.29, 0.717) is 20.3 Å². The van der Waals surface area contributed by atoms with E-state index in [2.05, 4.69) is 47.8 Å². The van der Waals surface area contributed by atoms with E-state index in [-0.39, 0.29) is 21.8 Å². The number of hydrogen-bond donors (Lipinski definition) is 0. The third-order valence-corrected chi connectivity index (χ3v) is 4.83. The SMILES string of the molecule is O=c1cc(-c2ccccc2Br)oc2c(=O)c(Br)cc(Br)cc12. The topological polar surface area (TPSA) is 47.3 Å². The summed E-state index contributed by atoms with van der Waals surface area (Å²) in [5.74, 6) is 0.344. The molecule has 0 fully saturated rings. The predicted octanol–water partition coefficient (Wildman–Crippen LogP) is 5.11. The average Bonchev–Trinajstić information content (AvgIpc) is 2.58. The number of hydrogen-bond acceptors (Lipinski definition) is 3. The molecule has 3 nitrogen and oxygen atoms in total. The Balaban J connectivity index is 2.47. The Bertz CT molecular complexity index is 1010. The van der Waals surface area contributed by atoms with E-state index in [4.69, 9.17) is 4.42 Å². The van der Waals surface area contributed by atoms with Crippen molar-refractivity contribution in [2.45, 2.75) is 0 Å². The fraction of sp³-hybridized carbons (Fsp3) is 0. The van der Waals surface area contributed by atoms with Crippen LogP contribution in [-0.2, 0) is 0 Å². The summed E-state index contributed by atoms with van der Waals surface area (Å²) in [4.78, 5) is 24.8. The molecule has 0 N–H and O–H groups in total. The Morgan fingerprint density at radius 1 is 0.864 bits per heavy atom. The minimum absolute atomic E-state index is 0.0239. The first kappa shape index (κ1) is 15.6. The van der Waals surface area contributed by atoms with E-state index in [1.807, 2.05) is 24.3 Å². The maximum absolute atomic E-state index is 12.4. The molecule has 3 aromatic rings. The fourth-order valence-electron chi connectivity index (χ4n) is 2.08. The number of fused-ring (bicyclic) bond motifs is 1. The van der Waals surface area contributed by atoms with Crippen molar-refractivity contribution >= 4 is 58.8 Å². The Morgan fingerprint density at radius 3 is 2.32 bits per heavy atom. The van der Waals surface area contributed by atoms with E-state index in [1.54, 1.807) is 12.1 Å². The molecule has 0 radical (unpaired) electrons. The Kier molecular flexibility index (Phi) is 4.34. The lowest BCUT2D eigenvalue weighted by atomic mass is 10.1. The molecule has 6 heteroatoms. The highest BCUT2D eigenvalue weighted by Gasteiger charge is 2.13. The van der Waals surface area contributed by atoms with Crippen molar-refractivity contribution in [3.63, 3.8) is 0 Å². The van der Waals surface area contributed by atoms with Crippen LogP contribution in [0.1, 0.15) is 0 Å². The minimum atomic E-state index is -0.369. The lowest BCUT2D eigenvalue weighted by Gasteiger charge is -2.03. The van der Waals surface area contributed by atoms with Crippen LogP contribution in [0, 0.1) is 0 Å². The van der Waals surface area contributed by atoms with Crippen LogP contribution in [0.5, 0.6) is 0 Å². The molecule has 22 heavy (non-hydrogen) atoms. The van der Waals surface area contributed by atoms with E-state index in [1.165, 1.54) is 6.07 Å². The Labute approximate surface area is 150 Å². The van der Waals surface area contributed by atoms with Crippen molar-refractivity contribution in [2.75, 3.05) is 0 Å². The van der Waals surface area contributed by atoms with Crippen LogP contribution in [0.15, 0.2) is 69.9 Å². The van der Waals surface area contributed by atoms with Gasteiger partial charge in [-0.25, -0.2) is 0 Å². The van der Waals surface area contributed by atoms with Gasteiger partial charge in [-0.3, -0.25) is 9.59 Å². The summed E-state index contributed by atoms with van der Waals surface area (Å²) in [5, 5.41) is 0.235. The van der Waals surface area contributed by atoms with Crippen molar-refractivity contribution in [3.05, 3.63) is 76.3 Å². The van der Waals surface area contributed by atoms with Crippen LogP contribution in [0.3, 0.4) is 0 Å². The van der Waals surface area contributed by atoms with Gasteiger partial charge in [0.15, 0.2) is 11.0 Å². The van der Waals surface area contributed by atoms with E-state index in [0.717, 1.165) is 4.47 Å². The maximum Gasteiger partial charge on any atom is 0.235 e. The molecule has 0 spiro atoms. The van der Waals surface area contributed by atoms with Crippen molar-refractivity contribution in [2.24, 2.45) is 0 Å². The summed E-state index contributed by atoms with van der Waals surface area (Å²) in [7, 11) is 0. The zero-order valence-electron chi connectivity index (χ0n) is 10.9. The van der Waals surface area contributed by atoms with E-state index in [9.17, 15) is 9.59 Å². The molecule has 0 bridgehead atoms. The predicted molar refractivity (Wildman–Crippen MR) is 97.3 cm³/mol. The van der Waals surface area contributed by atoms with Crippen LogP contribution in [0.25, 0.3) is 22.3 Å². The van der Waals surface area contributed by atoms with Gasteiger partial charge < -0.3 is 4.42 Å². The summed E-state index contributed by atoms with van der Waals surface area (Å²) < 4.78 is 7.46. The van der Waals surface area contributed by atoms with Gasteiger partial charge in [0, 0.05) is 20.6 Å². The molecule has 0 atom stereocenters. The van der Waals surface area contributed by atoms with Gasteiger partial charge in [-0.1, -0.05) is 50.1 Å². The lowest BCUT2D eigenvalue weighted by molar-refractivity contribution is 0.615. The van der Waals surface area contributed by atoms with Crippen molar-refractivity contribution in [1.82, 2.24) is 0 Å². The van der Waals surface area contributed by atoms with Crippen LogP contribution < -0.4 is 10.9 Å². The first-order valence-electron chi connectivity index (χ1n) is 6.19. The largest absolute Gasteiger partial charge is 0.452 e. The molecule has 1 aromatic heterocycles. The first-order valence-corrected chi connectivity index (χ1v) is 8.57. The third kappa shape index (κ3) is 2.83. The van der Waals surface area contributed by atoms with Gasteiger partial charge in [-0.05, 0) is 34.1 Å². The molecule has 1 heterocycles. The standard InChI is InChI=1S/C16H7Br3O3/c17-8-5-10-13(20)7-14(9-3-1-2-4-11(9)18)22-16(10)15(21)12(19)6-8/h1-7H. The number of benzene rings is 1. The average molecular weight is 487 g/mol. The van der Waals surface area contributed by atoms with Gasteiger partial charge in [0.1, 0.15) is 5.76 Å². The zero-order valence-corrected chi connectivity index (χ0v) is 15.7. The van der Waals surface area contributed by atoms with Gasteiger partial charge >= 0.3 is 0 Å². The van der Waals surface area contributed by atoms with E-state index >= 15 is 0 Å². The molecule has 0 aliphatic heterocycles. The van der Waals surface area contributed by atoms with Crippen molar-refractivity contribution in [3.8, 4) is 11.3 Å². The summed E-state index contributed by atoms with van der Waals surface area (Å²) in [6, 6.07) is 11.9. The summed E-state index contributed by atoms with van der Waals surface area (Å²) in [6.45, 7) is 0. The molecule has 0 aliphatic rings. The molecule has 0 unspecified atom stereocenters. The highest BCUT2D eigenvalue weighted by molar-refractivity contribution is 9.11. The molecule has 0 amide bonds. The number of halogens is 3. The molecule has 0 aliphatic carbocycles. The van der Waals surface area contributed by atoms with Crippen LogP contribution in [0.4, 0.5) is 0 Å². The van der Waals surface area contributed by atoms with Gasteiger partial charge in [0.05, 0.1) is 9.86 Å². The Hall–Kier alpha value is -1.24. The highest BCUT2D eigenvalue weighted by Crippen LogP contribution is 2.28. The summed E-state index contributed by atoms with van der Waals surface area (Å²) in [5.41, 5.74) is 0.0954. The van der Waals surface area contributed by atoms with Gasteiger partial charge in [-0.15, -0.1) is 0 Å². The molecular weight excluding hydrogens is 480 g/mol. The monoisotopic (exact) mass is 484 g/mol. The fourth-order valence-corrected chi connectivity index (χ4v) is 3.75. The second-order valence-corrected chi connectivity index (χ2v) is 7.17. The number of rotatable bonds is 1. The van der Waals surface area contributed by atoms with Crippen molar-refractivity contribution in [1.29, 1.82) is 0 Å². The lowest BCUT2D eigenvalue weighted by Crippen LogP contribution is -2.06. The minimum Gasteiger partial charge on any atom is -0.452 e. The third-order valence-electron chi connectivity index (χ3n) is 3.09. The van der Waals surface area contributed by atoms with Gasteiger partial charge in [0.25, 0.3) is 0 Å². The highest BCUT2D eigenvalue weighted by atomic mass is 79.9. The quantitative estimate of drug-likeness (QED) is 0.480. The molecule has 110 valence electrons. The first-order chi connectivity index (χ1) is 10.5. The summed E-state index contributed by atoms with van der Waals surface area (Å²) in [6.07, 6.45) is 0. The summed E-state index contributed by atoms with van der Waals surface area (Å²) >= 11 is 9.92. The normalized spacial score (nSPS) is 10.9. The second-order valence-electron chi connectivity index (χ2n) is 4.55. The van der Waals surface area contributed by atoms with Crippen LogP contribution in [-0.4, -0.2) is 0 Å². The molecular formula is C16H7Br3O3.